The Labute approximate surface area is 867 Å². The molecule has 0 atom stereocenters. The number of hydrogen-bond acceptors (Lipinski definition) is 7. The van der Waals surface area contributed by atoms with Crippen molar-refractivity contribution in [1.82, 2.24) is 0 Å². The molecule has 0 saturated heterocycles. The minimum atomic E-state index is 1.12. The maximum absolute atomic E-state index is 2.37. The highest BCUT2D eigenvalue weighted by Crippen LogP contribution is 2.48. The Morgan fingerprint density at radius 1 is 0.129 bits per heavy atom. The minimum Gasteiger partial charge on any atom is -0.135 e. The molecule has 21 rings (SSSR count). The van der Waals surface area contributed by atoms with Crippen LogP contribution in [0.2, 0.25) is 0 Å². The first-order chi connectivity index (χ1) is 67.4. The van der Waals surface area contributed by atoms with Gasteiger partial charge in [0.25, 0.3) is 0 Å². The van der Waals surface area contributed by atoms with E-state index < -0.39 is 0 Å². The molecule has 0 aliphatic heterocycles. The molecule has 0 spiro atoms. The van der Waals surface area contributed by atoms with E-state index in [4.69, 9.17) is 0 Å². The third-order valence-electron chi connectivity index (χ3n) is 31.6. The lowest BCUT2D eigenvalue weighted by molar-refractivity contribution is 0.632. The molecule has 0 amide bonds. The molecular weight excluding hydrogens is 1820 g/mol. The van der Waals surface area contributed by atoms with Crippen LogP contribution in [0.25, 0.3) is 141 Å². The Morgan fingerprint density at radius 3 is 0.464 bits per heavy atom. The summed E-state index contributed by atoms with van der Waals surface area (Å²) in [6.45, 7) is 63.0. The second-order valence-corrected chi connectivity index (χ2v) is 47.9. The summed E-state index contributed by atoms with van der Waals surface area (Å²) < 4.78 is 20.6. The summed E-state index contributed by atoms with van der Waals surface area (Å²) in [5.74, 6) is 0. The van der Waals surface area contributed by atoms with Crippen LogP contribution in [0.3, 0.4) is 0 Å². The number of rotatable bonds is 21. The van der Waals surface area contributed by atoms with Crippen molar-refractivity contribution in [3.63, 3.8) is 0 Å². The zero-order chi connectivity index (χ0) is 99.9. The zero-order valence-electron chi connectivity index (χ0n) is 89.9. The first-order valence-electron chi connectivity index (χ1n) is 52.7. The van der Waals surface area contributed by atoms with Gasteiger partial charge in [-0.1, -0.05) is 282 Å². The van der Waals surface area contributed by atoms with Crippen molar-refractivity contribution in [3.05, 3.63) is 326 Å². The van der Waals surface area contributed by atoms with E-state index in [9.17, 15) is 0 Å². The highest BCUT2D eigenvalue weighted by atomic mass is 32.1. The Morgan fingerprint density at radius 2 is 0.271 bits per heavy atom. The number of aryl methyl sites for hydroxylation is 28. The van der Waals surface area contributed by atoms with Crippen LogP contribution in [0.1, 0.15) is 294 Å². The standard InChI is InChI=1S/C22H28S.C21H26S.C20H24S.C19H22S.C18H20S.C17H18S.C16H16S/c1-5-6-7-8-9-10-18-12-14-20-19-13-11-15(2)16(3)21(19)23-22(20)17(18)4;1-5-6-7-8-9-17-11-13-19-18-12-10-14(2)15(3)20(18)22-21(19)16(17)4;1-5-6-7-8-16-10-12-18-17-11-9-13(2)14(3)19(17)21-20(18)15(16)4;1-5-6-7-15-9-11-17-16-10-8-12(2)13(3)18(16)20-19(17)14(15)4;1-5-6-14-8-10-16-15-9-7-11(2)12(3)17(15)19-18(16)13(14)4;1-5-13-7-9-15-14-8-6-10(2)11(3)16(14)18-17(15)12(13)4;1-9-5-7-13-14-8-6-10(2)12(4)16(14)17-15(13)11(9)3/h11-14H,5-10H2,1-4H3;10-13H,5-9H2,1-4H3;9-12H,5-8H2,1-4H3;8-11H,5-7H2,1-4H3;7-10H,5-6H2,1-4H3;6-9H,5H2,1-4H3;5-8H,1-4H3. The first kappa shape index (κ1) is 105. The van der Waals surface area contributed by atoms with Crippen molar-refractivity contribution in [2.45, 2.75) is 329 Å². The summed E-state index contributed by atoms with van der Waals surface area (Å²) in [4.78, 5) is 0. The van der Waals surface area contributed by atoms with Crippen molar-refractivity contribution in [3.8, 4) is 0 Å². The molecule has 0 aliphatic rings. The summed E-state index contributed by atoms with van der Waals surface area (Å²) in [7, 11) is 0. The fourth-order valence-corrected chi connectivity index (χ4v) is 30.5. The topological polar surface area (TPSA) is 0 Å². The molecule has 21 aromatic rings. The van der Waals surface area contributed by atoms with Crippen molar-refractivity contribution in [2.24, 2.45) is 0 Å². The van der Waals surface area contributed by atoms with Crippen LogP contribution in [0.5, 0.6) is 0 Å². The largest absolute Gasteiger partial charge is 0.135 e. The summed E-state index contributed by atoms with van der Waals surface area (Å²) in [6.07, 6.45) is 27.1. The molecule has 0 radical (unpaired) electrons. The highest BCUT2D eigenvalue weighted by molar-refractivity contribution is 7.28. The molecular formula is C133H154S7. The molecule has 0 unspecified atom stereocenters. The van der Waals surface area contributed by atoms with Gasteiger partial charge in [-0.3, -0.25) is 0 Å². The van der Waals surface area contributed by atoms with Gasteiger partial charge in [0.15, 0.2) is 0 Å². The molecule has 0 bridgehead atoms. The highest BCUT2D eigenvalue weighted by Gasteiger charge is 2.21. The van der Waals surface area contributed by atoms with E-state index in [1.165, 1.54) is 414 Å². The first-order valence-corrected chi connectivity index (χ1v) is 58.4. The predicted molar refractivity (Wildman–Crippen MR) is 645 cm³/mol. The van der Waals surface area contributed by atoms with Gasteiger partial charge in [0.05, 0.1) is 0 Å². The second kappa shape index (κ2) is 46.6. The molecule has 7 aromatic heterocycles. The van der Waals surface area contributed by atoms with Gasteiger partial charge in [-0.2, -0.15) is 0 Å². The molecule has 14 aromatic carbocycles. The third kappa shape index (κ3) is 21.6. The van der Waals surface area contributed by atoms with E-state index in [0.29, 0.717) is 0 Å². The normalized spacial score (nSPS) is 11.6. The number of fused-ring (bicyclic) bond motifs is 21. The van der Waals surface area contributed by atoms with Crippen LogP contribution in [0.15, 0.2) is 170 Å². The van der Waals surface area contributed by atoms with E-state index >= 15 is 0 Å². The van der Waals surface area contributed by atoms with Gasteiger partial charge in [0, 0.05) is 141 Å². The fourth-order valence-electron chi connectivity index (χ4n) is 20.8. The number of thiophene rings is 7. The van der Waals surface area contributed by atoms with Crippen LogP contribution in [0.4, 0.5) is 0 Å². The monoisotopic (exact) mass is 1980 g/mol. The number of benzene rings is 14. The lowest BCUT2D eigenvalue weighted by Gasteiger charge is -2.07. The van der Waals surface area contributed by atoms with E-state index in [0.717, 1.165) is 6.42 Å². The quantitative estimate of drug-likeness (QED) is 0.0629. The van der Waals surface area contributed by atoms with E-state index in [2.05, 4.69) is 364 Å². The van der Waals surface area contributed by atoms with E-state index in [1.807, 2.05) is 79.4 Å². The van der Waals surface area contributed by atoms with Gasteiger partial charge >= 0.3 is 0 Å². The van der Waals surface area contributed by atoms with Gasteiger partial charge in [-0.25, -0.2) is 0 Å². The molecule has 7 heterocycles. The van der Waals surface area contributed by atoms with Crippen molar-refractivity contribution >= 4 is 221 Å². The summed E-state index contributed by atoms with van der Waals surface area (Å²) in [6, 6.07) is 64.4. The average molecular weight is 1980 g/mol. The minimum absolute atomic E-state index is 1.12. The Bertz CT molecular complexity index is 8050. The lowest BCUT2D eigenvalue weighted by atomic mass is 9.98. The van der Waals surface area contributed by atoms with Crippen molar-refractivity contribution in [1.29, 1.82) is 0 Å². The van der Waals surface area contributed by atoms with Gasteiger partial charge in [0.2, 0.25) is 0 Å². The van der Waals surface area contributed by atoms with Crippen LogP contribution in [-0.4, -0.2) is 0 Å². The molecule has 7 heteroatoms. The molecule has 0 N–H and O–H groups in total. The summed E-state index contributed by atoms with van der Waals surface area (Å²) in [5.41, 5.74) is 40.8. The van der Waals surface area contributed by atoms with Crippen LogP contribution in [-0.2, 0) is 38.5 Å². The van der Waals surface area contributed by atoms with Gasteiger partial charge in [-0.05, 0) is 372 Å². The average Bonchev–Trinajstić information content (AvgIpc) is 1.69. The Hall–Kier alpha value is -9.38. The SMILES string of the molecule is CCCCCCCc1ccc2c(sc3c(C)c(C)ccc32)c1C.CCCCCCc1ccc2c(sc3c(C)c(C)ccc32)c1C.CCCCCc1ccc2c(sc3c(C)c(C)ccc32)c1C.CCCCc1ccc2c(sc3c(C)c(C)ccc32)c1C.CCCc1ccc2c(sc3c(C)c(C)ccc32)c1C.CCc1ccc2c(sc3c(C)c(C)ccc32)c1C.Cc1ccc2c(sc3c(C)c(C)ccc32)c1C. The molecule has 0 nitrogen and oxygen atoms in total. The third-order valence-corrected chi connectivity index (χ3v) is 41.8. The second-order valence-electron chi connectivity index (χ2n) is 40.8. The van der Waals surface area contributed by atoms with Crippen LogP contribution in [0, 0.1) is 152 Å². The predicted octanol–water partition coefficient (Wildman–Crippen LogP) is 44.4. The Kier molecular flexibility index (Phi) is 34.9. The molecule has 0 fully saturated rings. The Balaban J connectivity index is 0.000000124. The van der Waals surface area contributed by atoms with E-state index in [1.54, 1.807) is 11.1 Å². The molecule has 0 aliphatic carbocycles. The summed E-state index contributed by atoms with van der Waals surface area (Å²) >= 11 is 13.8. The number of hydrogen-bond donors (Lipinski definition) is 0. The van der Waals surface area contributed by atoms with Crippen LogP contribution >= 0.6 is 79.4 Å². The summed E-state index contributed by atoms with van der Waals surface area (Å²) in [5, 5.41) is 20.0. The fraction of sp³-hybridized carbons (Fsp3) is 0.368. The van der Waals surface area contributed by atoms with Gasteiger partial charge in [0.1, 0.15) is 0 Å². The molecule has 140 heavy (non-hydrogen) atoms. The van der Waals surface area contributed by atoms with Crippen LogP contribution < -0.4 is 0 Å². The van der Waals surface area contributed by atoms with Gasteiger partial charge in [-0.15, -0.1) is 79.4 Å². The van der Waals surface area contributed by atoms with E-state index in [-0.39, 0.29) is 0 Å². The number of unbranched alkanes of at least 4 members (excludes halogenated alkanes) is 10. The van der Waals surface area contributed by atoms with Crippen molar-refractivity contribution < 1.29 is 0 Å². The lowest BCUT2D eigenvalue weighted by Crippen LogP contribution is -1.90. The molecule has 728 valence electrons. The molecule has 0 saturated carbocycles. The van der Waals surface area contributed by atoms with Gasteiger partial charge < -0.3 is 0 Å². The maximum atomic E-state index is 2.37. The van der Waals surface area contributed by atoms with Crippen molar-refractivity contribution in [2.75, 3.05) is 0 Å². The maximum Gasteiger partial charge on any atom is 0.0387 e. The smallest absolute Gasteiger partial charge is 0.0387 e. The zero-order valence-corrected chi connectivity index (χ0v) is 95.6.